The summed E-state index contributed by atoms with van der Waals surface area (Å²) in [4.78, 5) is 26.7. The Hall–Kier alpha value is -3.88. The van der Waals surface area contributed by atoms with Gasteiger partial charge in [0.1, 0.15) is 23.6 Å². The van der Waals surface area contributed by atoms with Crippen LogP contribution in [-0.2, 0) is 0 Å². The molecule has 0 amide bonds. The normalized spacial score (nSPS) is 16.0. The quantitative estimate of drug-likeness (QED) is 0.454. The molecule has 0 fully saturated rings. The van der Waals surface area contributed by atoms with Gasteiger partial charge in [-0.25, -0.2) is 13.8 Å². The second-order valence-corrected chi connectivity index (χ2v) is 5.81. The lowest BCUT2D eigenvalue weighted by molar-refractivity contribution is -0.384. The molecule has 1 heterocycles. The van der Waals surface area contributed by atoms with Crippen LogP contribution in [0.3, 0.4) is 0 Å². The van der Waals surface area contributed by atoms with Crippen LogP contribution in [0, 0.1) is 10.1 Å². The van der Waals surface area contributed by atoms with E-state index < -0.39 is 28.3 Å². The minimum Gasteiger partial charge on any atom is -0.383 e. The van der Waals surface area contributed by atoms with Crippen molar-refractivity contribution in [2.24, 2.45) is 0 Å². The number of halogens is 2. The van der Waals surface area contributed by atoms with Crippen LogP contribution in [0.1, 0.15) is 10.4 Å². The monoisotopic (exact) mass is 384 g/mol. The van der Waals surface area contributed by atoms with Crippen molar-refractivity contribution in [2.75, 3.05) is 11.1 Å². The molecule has 0 aliphatic heterocycles. The second kappa shape index (κ2) is 7.78. The van der Waals surface area contributed by atoms with Gasteiger partial charge < -0.3 is 11.1 Å². The molecular formula is C19H14F2N4O3. The Bertz CT molecular complexity index is 1030. The molecule has 0 spiro atoms. The molecule has 3 rings (SSSR count). The standard InChI is InChI=1S/C19H14F2N4O3/c20-11-2-1-3-16(21)15(10-11)18(26)14-8-9-17(24-19(14)22)23-12-4-6-13(7-5-12)25(27)28/h1-11H,(H3,22,23,24). The summed E-state index contributed by atoms with van der Waals surface area (Å²) in [7, 11) is 0. The smallest absolute Gasteiger partial charge is 0.269 e. The van der Waals surface area contributed by atoms with E-state index in [9.17, 15) is 23.7 Å². The van der Waals surface area contributed by atoms with Gasteiger partial charge in [-0.1, -0.05) is 6.08 Å². The molecule has 0 radical (unpaired) electrons. The van der Waals surface area contributed by atoms with Gasteiger partial charge in [0.15, 0.2) is 5.78 Å². The number of hydrogen-bond donors (Lipinski definition) is 2. The predicted octanol–water partition coefficient (Wildman–Crippen LogP) is 4.19. The zero-order valence-corrected chi connectivity index (χ0v) is 14.3. The van der Waals surface area contributed by atoms with Crippen molar-refractivity contribution in [1.82, 2.24) is 4.98 Å². The van der Waals surface area contributed by atoms with Crippen LogP contribution in [0.15, 0.2) is 72.1 Å². The Morgan fingerprint density at radius 2 is 1.93 bits per heavy atom. The number of benzene rings is 1. The number of aromatic nitrogens is 1. The van der Waals surface area contributed by atoms with Crippen molar-refractivity contribution in [1.29, 1.82) is 0 Å². The minimum atomic E-state index is -1.60. The highest BCUT2D eigenvalue weighted by atomic mass is 19.1. The fourth-order valence-electron chi connectivity index (χ4n) is 2.51. The van der Waals surface area contributed by atoms with E-state index in [0.717, 1.165) is 18.2 Å². The maximum absolute atomic E-state index is 14.0. The first-order chi connectivity index (χ1) is 13.3. The molecule has 0 saturated carbocycles. The highest BCUT2D eigenvalue weighted by Crippen LogP contribution is 2.26. The Morgan fingerprint density at radius 1 is 1.21 bits per heavy atom. The average Bonchev–Trinajstić information content (AvgIpc) is 2.82. The highest BCUT2D eigenvalue weighted by molar-refractivity contribution is 6.13. The summed E-state index contributed by atoms with van der Waals surface area (Å²) in [5.41, 5.74) is 5.78. The zero-order chi connectivity index (χ0) is 20.3. The number of carbonyl (C=O) groups excluding carboxylic acids is 1. The lowest BCUT2D eigenvalue weighted by Crippen LogP contribution is -2.11. The summed E-state index contributed by atoms with van der Waals surface area (Å²) in [6, 6.07) is 8.39. The maximum Gasteiger partial charge on any atom is 0.269 e. The van der Waals surface area contributed by atoms with Crippen LogP contribution in [0.25, 0.3) is 0 Å². The van der Waals surface area contributed by atoms with Crippen molar-refractivity contribution < 1.29 is 18.5 Å². The summed E-state index contributed by atoms with van der Waals surface area (Å²) in [6.07, 6.45) is 2.58. The molecular weight excluding hydrogens is 370 g/mol. The number of nitro groups is 1. The van der Waals surface area contributed by atoms with Gasteiger partial charge in [-0.3, -0.25) is 14.9 Å². The van der Waals surface area contributed by atoms with E-state index in [0.29, 0.717) is 5.69 Å². The van der Waals surface area contributed by atoms with Gasteiger partial charge >= 0.3 is 0 Å². The summed E-state index contributed by atoms with van der Waals surface area (Å²) < 4.78 is 27.7. The summed E-state index contributed by atoms with van der Waals surface area (Å²) in [5, 5.41) is 13.6. The Balaban J connectivity index is 1.82. The van der Waals surface area contributed by atoms with Crippen LogP contribution in [0.4, 0.5) is 31.8 Å². The number of nitrogens with one attached hydrogen (secondary N) is 1. The number of anilines is 3. The molecule has 1 aliphatic rings. The number of pyridine rings is 1. The Morgan fingerprint density at radius 3 is 2.57 bits per heavy atom. The largest absolute Gasteiger partial charge is 0.383 e. The molecule has 7 nitrogen and oxygen atoms in total. The van der Waals surface area contributed by atoms with Crippen molar-refractivity contribution in [3.8, 4) is 0 Å². The number of ketones is 1. The fourth-order valence-corrected chi connectivity index (χ4v) is 2.51. The third kappa shape index (κ3) is 4.09. The van der Waals surface area contributed by atoms with Crippen LogP contribution < -0.4 is 11.1 Å². The number of hydrogen-bond acceptors (Lipinski definition) is 6. The lowest BCUT2D eigenvalue weighted by Gasteiger charge is -2.10. The molecule has 9 heteroatoms. The topological polar surface area (TPSA) is 111 Å². The number of allylic oxidation sites excluding steroid dienone is 6. The number of nitro benzene ring substituents is 1. The Labute approximate surface area is 158 Å². The molecule has 0 bridgehead atoms. The molecule has 142 valence electrons. The van der Waals surface area contributed by atoms with Gasteiger partial charge in [0.2, 0.25) is 0 Å². The molecule has 3 N–H and O–H groups in total. The van der Waals surface area contributed by atoms with Crippen molar-refractivity contribution in [3.05, 3.63) is 87.8 Å². The molecule has 2 aromatic rings. The van der Waals surface area contributed by atoms with E-state index in [1.165, 1.54) is 42.5 Å². The molecule has 0 saturated heterocycles. The molecule has 1 unspecified atom stereocenters. The van der Waals surface area contributed by atoms with Crippen LogP contribution in [0.5, 0.6) is 0 Å². The van der Waals surface area contributed by atoms with Crippen molar-refractivity contribution in [2.45, 2.75) is 6.17 Å². The summed E-state index contributed by atoms with van der Waals surface area (Å²) >= 11 is 0. The number of non-ortho nitro benzene ring substituents is 1. The molecule has 1 aliphatic carbocycles. The minimum absolute atomic E-state index is 0.0635. The number of nitrogens with zero attached hydrogens (tertiary/aromatic N) is 2. The number of alkyl halides is 1. The summed E-state index contributed by atoms with van der Waals surface area (Å²) in [5.74, 6) is -1.54. The molecule has 1 atom stereocenters. The number of Topliss-reactive ketones (excluding diaryl/α,β-unsaturated/α-hetero) is 1. The fraction of sp³-hybridized carbons (Fsp3) is 0.0526. The SMILES string of the molecule is Nc1nc(Nc2ccc([N+](=O)[O-])cc2)ccc1C(=O)C1=CC(F)C=CC=C1F. The van der Waals surface area contributed by atoms with Gasteiger partial charge in [-0.2, -0.15) is 0 Å². The van der Waals surface area contributed by atoms with Crippen LogP contribution in [0.2, 0.25) is 0 Å². The van der Waals surface area contributed by atoms with Crippen LogP contribution in [-0.4, -0.2) is 21.9 Å². The van der Waals surface area contributed by atoms with E-state index in [2.05, 4.69) is 10.3 Å². The summed E-state index contributed by atoms with van der Waals surface area (Å²) in [6.45, 7) is 0. The van der Waals surface area contributed by atoms with Gasteiger partial charge in [0, 0.05) is 17.8 Å². The van der Waals surface area contributed by atoms with E-state index in [1.807, 2.05) is 0 Å². The first-order valence-electron chi connectivity index (χ1n) is 8.08. The van der Waals surface area contributed by atoms with Gasteiger partial charge in [-0.05, 0) is 42.5 Å². The molecule has 1 aromatic carbocycles. The third-order valence-corrected chi connectivity index (χ3v) is 3.89. The number of carbonyl (C=O) groups is 1. The van der Waals surface area contributed by atoms with E-state index in [4.69, 9.17) is 5.73 Å². The highest BCUT2D eigenvalue weighted by Gasteiger charge is 2.22. The number of nitrogen functional groups attached to an aromatic ring is 1. The van der Waals surface area contributed by atoms with Gasteiger partial charge in [-0.15, -0.1) is 0 Å². The van der Waals surface area contributed by atoms with Gasteiger partial charge in [0.25, 0.3) is 5.69 Å². The average molecular weight is 384 g/mol. The second-order valence-electron chi connectivity index (χ2n) is 5.81. The number of rotatable bonds is 5. The predicted molar refractivity (Wildman–Crippen MR) is 101 cm³/mol. The van der Waals surface area contributed by atoms with Crippen molar-refractivity contribution >= 4 is 28.8 Å². The lowest BCUT2D eigenvalue weighted by atomic mass is 10.0. The van der Waals surface area contributed by atoms with E-state index in [-0.39, 0.29) is 22.9 Å². The first kappa shape index (κ1) is 18.9. The third-order valence-electron chi connectivity index (χ3n) is 3.89. The van der Waals surface area contributed by atoms with Crippen molar-refractivity contribution in [3.63, 3.8) is 0 Å². The maximum atomic E-state index is 14.0. The Kier molecular flexibility index (Phi) is 5.25. The molecule has 28 heavy (non-hydrogen) atoms. The van der Waals surface area contributed by atoms with E-state index in [1.54, 1.807) is 0 Å². The number of nitrogens with two attached hydrogens (primary N) is 1. The zero-order valence-electron chi connectivity index (χ0n) is 14.3. The first-order valence-corrected chi connectivity index (χ1v) is 8.08. The van der Waals surface area contributed by atoms with E-state index >= 15 is 0 Å². The molecule has 1 aromatic heterocycles. The van der Waals surface area contributed by atoms with Gasteiger partial charge in [0.05, 0.1) is 16.1 Å². The van der Waals surface area contributed by atoms with Crippen LogP contribution >= 0.6 is 0 Å².